The van der Waals surface area contributed by atoms with Gasteiger partial charge in [-0.05, 0) is 55.2 Å². The van der Waals surface area contributed by atoms with Crippen LogP contribution in [0.25, 0.3) is 11.3 Å². The van der Waals surface area contributed by atoms with Gasteiger partial charge in [-0.1, -0.05) is 19.9 Å². The highest BCUT2D eigenvalue weighted by molar-refractivity contribution is 7.90. The molecule has 0 unspecified atom stereocenters. The molecular weight excluding hydrogens is 554 g/mol. The number of rotatable bonds is 8. The van der Waals surface area contributed by atoms with Crippen LogP contribution in [-0.4, -0.2) is 49.7 Å². The van der Waals surface area contributed by atoms with Crippen molar-refractivity contribution in [2.24, 2.45) is 5.92 Å². The highest BCUT2D eigenvalue weighted by Crippen LogP contribution is 2.38. The number of ether oxygens (including phenoxy) is 1. The number of amides is 1. The van der Waals surface area contributed by atoms with Gasteiger partial charge in [-0.15, -0.1) is 0 Å². The lowest BCUT2D eigenvalue weighted by Crippen LogP contribution is -2.43. The maximum atomic E-state index is 14.4. The van der Waals surface area contributed by atoms with Crippen molar-refractivity contribution in [3.8, 4) is 17.0 Å². The van der Waals surface area contributed by atoms with E-state index in [2.05, 4.69) is 9.97 Å². The van der Waals surface area contributed by atoms with E-state index in [0.29, 0.717) is 6.61 Å². The van der Waals surface area contributed by atoms with Crippen LogP contribution >= 0.6 is 0 Å². The second-order valence-corrected chi connectivity index (χ2v) is 11.3. The zero-order chi connectivity index (χ0) is 29.2. The molecule has 0 saturated carbocycles. The molecule has 3 heterocycles. The monoisotopic (exact) mass is 585 g/mol. The Hall–Kier alpha value is -3.94. The molecule has 4 rings (SSSR count). The number of nitrogens with two attached hydrogens (primary N) is 1. The zero-order valence-electron chi connectivity index (χ0n) is 21.6. The molecule has 1 atom stereocenters. The van der Waals surface area contributed by atoms with Crippen molar-refractivity contribution < 1.29 is 38.4 Å². The van der Waals surface area contributed by atoms with Gasteiger partial charge >= 0.3 is 6.18 Å². The Kier molecular flexibility index (Phi) is 8.19. The molecule has 0 radical (unpaired) electrons. The maximum absolute atomic E-state index is 14.4. The molecule has 1 aliphatic heterocycles. The van der Waals surface area contributed by atoms with Crippen LogP contribution in [-0.2, 0) is 10.0 Å². The summed E-state index contributed by atoms with van der Waals surface area (Å²) in [6, 6.07) is 8.06. The van der Waals surface area contributed by atoms with Gasteiger partial charge in [0.05, 0.1) is 17.9 Å². The predicted molar refractivity (Wildman–Crippen MR) is 144 cm³/mol. The number of benzene rings is 1. The van der Waals surface area contributed by atoms with Gasteiger partial charge in [0.2, 0.25) is 0 Å². The van der Waals surface area contributed by atoms with E-state index >= 15 is 0 Å². The molecule has 1 aromatic carbocycles. The molecule has 218 valence electrons. The molecule has 40 heavy (non-hydrogen) atoms. The quantitative estimate of drug-likeness (QED) is 0.352. The van der Waals surface area contributed by atoms with E-state index in [-0.39, 0.29) is 56.8 Å². The van der Waals surface area contributed by atoms with Crippen LogP contribution in [0.15, 0.2) is 53.6 Å². The Bertz CT molecular complexity index is 1530. The fourth-order valence-corrected chi connectivity index (χ4v) is 5.17. The second kappa shape index (κ2) is 11.3. The molecule has 9 nitrogen and oxygen atoms in total. The van der Waals surface area contributed by atoms with E-state index in [4.69, 9.17) is 10.5 Å². The number of hydrogen-bond acceptors (Lipinski definition) is 8. The summed E-state index contributed by atoms with van der Waals surface area (Å²) >= 11 is 0. The topological polar surface area (TPSA) is 128 Å². The van der Waals surface area contributed by atoms with Gasteiger partial charge in [-0.25, -0.2) is 19.1 Å². The lowest BCUT2D eigenvalue weighted by Gasteiger charge is -2.29. The van der Waals surface area contributed by atoms with E-state index in [1.807, 2.05) is 18.6 Å². The third kappa shape index (κ3) is 6.61. The molecule has 0 spiro atoms. The van der Waals surface area contributed by atoms with Gasteiger partial charge < -0.3 is 15.4 Å². The van der Waals surface area contributed by atoms with Gasteiger partial charge in [0.1, 0.15) is 29.2 Å². The summed E-state index contributed by atoms with van der Waals surface area (Å²) in [5.74, 6) is -2.02. The Morgan fingerprint density at radius 1 is 1.20 bits per heavy atom. The van der Waals surface area contributed by atoms with E-state index in [0.717, 1.165) is 23.1 Å². The molecule has 1 saturated heterocycles. The highest BCUT2D eigenvalue weighted by atomic mass is 32.2. The summed E-state index contributed by atoms with van der Waals surface area (Å²) < 4.78 is 89.1. The first kappa shape index (κ1) is 29.1. The fourth-order valence-electron chi connectivity index (χ4n) is 4.23. The molecule has 1 fully saturated rings. The van der Waals surface area contributed by atoms with Crippen molar-refractivity contribution >= 4 is 27.6 Å². The molecule has 14 heteroatoms. The van der Waals surface area contributed by atoms with Crippen molar-refractivity contribution in [3.63, 3.8) is 0 Å². The van der Waals surface area contributed by atoms with Crippen LogP contribution in [0.5, 0.6) is 5.75 Å². The SMILES string of the molecule is CC(C)COc1cc(F)cc(-c2ccc(C(=O)NS(=O)(=O)c3cccc(N)n3)c(N3CCC[C@H]3C(F)(F)F)n2)c1.[HH].[HH]. The Morgan fingerprint density at radius 2 is 1.95 bits per heavy atom. The minimum Gasteiger partial charge on any atom is -0.493 e. The third-order valence-corrected chi connectivity index (χ3v) is 7.25. The van der Waals surface area contributed by atoms with Gasteiger partial charge in [-0.2, -0.15) is 21.6 Å². The summed E-state index contributed by atoms with van der Waals surface area (Å²) in [7, 11) is -4.52. The number of halogens is 4. The maximum Gasteiger partial charge on any atom is 0.408 e. The van der Waals surface area contributed by atoms with Gasteiger partial charge in [0.25, 0.3) is 15.9 Å². The second-order valence-electron chi connectivity index (χ2n) is 9.68. The Labute approximate surface area is 231 Å². The third-order valence-electron chi connectivity index (χ3n) is 6.02. The number of sulfonamides is 1. The van der Waals surface area contributed by atoms with E-state index in [9.17, 15) is 30.8 Å². The summed E-state index contributed by atoms with van der Waals surface area (Å²) in [5.41, 5.74) is 5.39. The number of pyridine rings is 2. The molecule has 3 aromatic rings. The first-order valence-corrected chi connectivity index (χ1v) is 13.8. The summed E-state index contributed by atoms with van der Waals surface area (Å²) in [6.07, 6.45) is -4.72. The largest absolute Gasteiger partial charge is 0.493 e. The van der Waals surface area contributed by atoms with Crippen LogP contribution < -0.4 is 20.1 Å². The predicted octanol–water partition coefficient (Wildman–Crippen LogP) is 5.04. The summed E-state index contributed by atoms with van der Waals surface area (Å²) in [6.45, 7) is 4.04. The lowest BCUT2D eigenvalue weighted by molar-refractivity contribution is -0.146. The Balaban J connectivity index is 0.00000308. The van der Waals surface area contributed by atoms with Crippen LogP contribution in [0.3, 0.4) is 0 Å². The smallest absolute Gasteiger partial charge is 0.408 e. The number of nitrogen functional groups attached to an aromatic ring is 1. The van der Waals surface area contributed by atoms with Crippen molar-refractivity contribution in [1.29, 1.82) is 0 Å². The highest BCUT2D eigenvalue weighted by Gasteiger charge is 2.47. The number of alkyl halides is 3. The van der Waals surface area contributed by atoms with Crippen molar-refractivity contribution in [2.45, 2.75) is 43.9 Å². The number of nitrogens with zero attached hydrogens (tertiary/aromatic N) is 3. The van der Waals surface area contributed by atoms with Gasteiger partial charge in [-0.3, -0.25) is 4.79 Å². The lowest BCUT2D eigenvalue weighted by atomic mass is 10.1. The van der Waals surface area contributed by atoms with Crippen molar-refractivity contribution in [1.82, 2.24) is 14.7 Å². The first-order chi connectivity index (χ1) is 18.7. The van der Waals surface area contributed by atoms with E-state index in [1.165, 1.54) is 30.3 Å². The van der Waals surface area contributed by atoms with Crippen molar-refractivity contribution in [3.05, 3.63) is 59.9 Å². The summed E-state index contributed by atoms with van der Waals surface area (Å²) in [4.78, 5) is 22.1. The van der Waals surface area contributed by atoms with Crippen LogP contribution in [0.1, 0.15) is 39.9 Å². The number of carbonyl (C=O) groups excluding carboxylic acids is 1. The standard InChI is InChI=1S/C26H27F4N5O4S.2H2/c1-15(2)14-39-18-12-16(11-17(27)13-18)20-9-8-19(24(32-20)35-10-4-5-21(35)26(28,29)30)25(36)34-40(37,38)23-7-3-6-22(31)33-23;;/h3,6-9,11-13,15,21H,4-5,10,14H2,1-2H3,(H2,31,33)(H,34,36);2*1H/t21-;;/m0../s1. The molecule has 3 N–H and O–H groups in total. The minimum absolute atomic E-state index is 0. The number of hydrogen-bond donors (Lipinski definition) is 2. The fraction of sp³-hybridized carbons (Fsp3) is 0.346. The minimum atomic E-state index is -4.64. The number of nitrogens with one attached hydrogen (secondary N) is 1. The molecule has 0 bridgehead atoms. The molecular formula is C26H31F4N5O4S. The first-order valence-electron chi connectivity index (χ1n) is 12.3. The molecule has 1 amide bonds. The van der Waals surface area contributed by atoms with Crippen LogP contribution in [0.4, 0.5) is 29.2 Å². The average Bonchev–Trinajstić information content (AvgIpc) is 3.37. The zero-order valence-corrected chi connectivity index (χ0v) is 22.4. The molecule has 0 aliphatic carbocycles. The van der Waals surface area contributed by atoms with E-state index < -0.39 is 44.6 Å². The average molecular weight is 586 g/mol. The normalized spacial score (nSPS) is 15.9. The molecule has 2 aromatic heterocycles. The van der Waals surface area contributed by atoms with Gasteiger partial charge in [0.15, 0.2) is 5.03 Å². The van der Waals surface area contributed by atoms with Crippen LogP contribution in [0, 0.1) is 11.7 Å². The van der Waals surface area contributed by atoms with Crippen molar-refractivity contribution in [2.75, 3.05) is 23.8 Å². The number of anilines is 2. The Morgan fingerprint density at radius 3 is 2.62 bits per heavy atom. The van der Waals surface area contributed by atoms with Gasteiger partial charge in [0, 0.05) is 21.0 Å². The van der Waals surface area contributed by atoms with E-state index in [1.54, 1.807) is 0 Å². The number of carbonyl (C=O) groups is 1. The van der Waals surface area contributed by atoms with Crippen LogP contribution in [0.2, 0.25) is 0 Å². The summed E-state index contributed by atoms with van der Waals surface area (Å²) in [5, 5.41) is -0.546. The molecule has 1 aliphatic rings. The number of aromatic nitrogens is 2.